The largest absolute Gasteiger partial charge is 0.477 e. The first-order chi connectivity index (χ1) is 8.16. The van der Waals surface area contributed by atoms with E-state index in [0.29, 0.717) is 12.3 Å². The highest BCUT2D eigenvalue weighted by Crippen LogP contribution is 2.20. The zero-order valence-electron chi connectivity index (χ0n) is 9.26. The monoisotopic (exact) mass is 238 g/mol. The number of anilines is 1. The zero-order chi connectivity index (χ0) is 12.3. The van der Waals surface area contributed by atoms with Gasteiger partial charge >= 0.3 is 5.97 Å². The van der Waals surface area contributed by atoms with Crippen molar-refractivity contribution in [2.75, 3.05) is 18.9 Å². The Morgan fingerprint density at radius 3 is 3.18 bits per heavy atom. The Bertz CT molecular complexity index is 416. The normalized spacial score (nSPS) is 19.2. The number of hydrogen-bond donors (Lipinski definition) is 2. The second kappa shape index (κ2) is 5.01. The van der Waals surface area contributed by atoms with Crippen molar-refractivity contribution in [3.05, 3.63) is 17.8 Å². The lowest BCUT2D eigenvalue weighted by atomic mass is 10.2. The van der Waals surface area contributed by atoms with Gasteiger partial charge in [-0.1, -0.05) is 0 Å². The molecule has 1 aliphatic rings. The molecule has 1 aliphatic heterocycles. The molecule has 0 bridgehead atoms. The molecule has 0 aliphatic carbocycles. The van der Waals surface area contributed by atoms with Gasteiger partial charge in [-0.15, -0.1) is 0 Å². The maximum absolute atomic E-state index is 11.0. The molecule has 0 spiro atoms. The predicted octanol–water partition coefficient (Wildman–Crippen LogP) is 0.920. The first kappa shape index (κ1) is 11.7. The van der Waals surface area contributed by atoms with E-state index in [0.717, 1.165) is 19.4 Å². The molecule has 1 aromatic heterocycles. The Morgan fingerprint density at radius 1 is 1.71 bits per heavy atom. The average molecular weight is 238 g/mol. The fourth-order valence-electron chi connectivity index (χ4n) is 1.68. The molecule has 6 nitrogen and oxygen atoms in total. The second-order valence-corrected chi connectivity index (χ2v) is 3.87. The van der Waals surface area contributed by atoms with Gasteiger partial charge in [-0.25, -0.2) is 9.78 Å². The topological polar surface area (TPSA) is 94.7 Å². The molecular weight excluding hydrogens is 224 g/mol. The van der Waals surface area contributed by atoms with Gasteiger partial charge in [-0.05, 0) is 18.9 Å². The number of aromatic nitrogens is 1. The van der Waals surface area contributed by atoms with E-state index >= 15 is 0 Å². The van der Waals surface area contributed by atoms with Crippen LogP contribution in [0, 0.1) is 0 Å². The SMILES string of the molecule is Nc1cnc(OCC2CCCO2)c(C(=O)O)c1. The van der Waals surface area contributed by atoms with Crippen LogP contribution in [0.2, 0.25) is 0 Å². The van der Waals surface area contributed by atoms with Crippen LogP contribution in [0.15, 0.2) is 12.3 Å². The van der Waals surface area contributed by atoms with Crippen LogP contribution >= 0.6 is 0 Å². The quantitative estimate of drug-likeness (QED) is 0.809. The smallest absolute Gasteiger partial charge is 0.341 e. The molecule has 0 amide bonds. The van der Waals surface area contributed by atoms with Gasteiger partial charge in [0, 0.05) is 6.61 Å². The minimum Gasteiger partial charge on any atom is -0.477 e. The predicted molar refractivity (Wildman–Crippen MR) is 60.1 cm³/mol. The first-order valence-corrected chi connectivity index (χ1v) is 5.40. The lowest BCUT2D eigenvalue weighted by Crippen LogP contribution is -2.18. The highest BCUT2D eigenvalue weighted by Gasteiger charge is 2.19. The van der Waals surface area contributed by atoms with Gasteiger partial charge in [0.05, 0.1) is 18.0 Å². The third-order valence-electron chi connectivity index (χ3n) is 2.53. The van der Waals surface area contributed by atoms with Crippen molar-refractivity contribution in [1.82, 2.24) is 4.98 Å². The van der Waals surface area contributed by atoms with Gasteiger partial charge in [0.25, 0.3) is 0 Å². The summed E-state index contributed by atoms with van der Waals surface area (Å²) in [7, 11) is 0. The molecule has 1 saturated heterocycles. The highest BCUT2D eigenvalue weighted by atomic mass is 16.5. The molecular formula is C11H14N2O4. The van der Waals surface area contributed by atoms with E-state index in [4.69, 9.17) is 20.3 Å². The van der Waals surface area contributed by atoms with Crippen LogP contribution in [0.5, 0.6) is 5.88 Å². The molecule has 0 radical (unpaired) electrons. The van der Waals surface area contributed by atoms with E-state index in [2.05, 4.69) is 4.98 Å². The Hall–Kier alpha value is -1.82. The molecule has 6 heteroatoms. The second-order valence-electron chi connectivity index (χ2n) is 3.87. The summed E-state index contributed by atoms with van der Waals surface area (Å²) in [4.78, 5) is 14.8. The zero-order valence-corrected chi connectivity index (χ0v) is 9.26. The van der Waals surface area contributed by atoms with Gasteiger partial charge < -0.3 is 20.3 Å². The maximum atomic E-state index is 11.0. The Kier molecular flexibility index (Phi) is 3.43. The van der Waals surface area contributed by atoms with E-state index in [-0.39, 0.29) is 17.5 Å². The average Bonchev–Trinajstić information content (AvgIpc) is 2.80. The number of carboxylic acids is 1. The molecule has 0 saturated carbocycles. The van der Waals surface area contributed by atoms with Crippen molar-refractivity contribution < 1.29 is 19.4 Å². The molecule has 0 aromatic carbocycles. The Balaban J connectivity index is 2.06. The minimum atomic E-state index is -1.10. The molecule has 92 valence electrons. The van der Waals surface area contributed by atoms with Gasteiger partial charge in [-0.3, -0.25) is 0 Å². The molecule has 17 heavy (non-hydrogen) atoms. The summed E-state index contributed by atoms with van der Waals surface area (Å²) in [6, 6.07) is 1.33. The summed E-state index contributed by atoms with van der Waals surface area (Å²) in [6.07, 6.45) is 3.33. The van der Waals surface area contributed by atoms with Gasteiger partial charge in [0.15, 0.2) is 0 Å². The fraction of sp³-hybridized carbons (Fsp3) is 0.455. The lowest BCUT2D eigenvalue weighted by Gasteiger charge is -2.12. The Labute approximate surface area is 98.4 Å². The molecule has 2 heterocycles. The fourth-order valence-corrected chi connectivity index (χ4v) is 1.68. The van der Waals surface area contributed by atoms with Gasteiger partial charge in [-0.2, -0.15) is 0 Å². The molecule has 1 aromatic rings. The number of hydrogen-bond acceptors (Lipinski definition) is 5. The van der Waals surface area contributed by atoms with Crippen LogP contribution in [-0.2, 0) is 4.74 Å². The van der Waals surface area contributed by atoms with Crippen molar-refractivity contribution >= 4 is 11.7 Å². The number of nitrogens with two attached hydrogens (primary N) is 1. The van der Waals surface area contributed by atoms with Crippen LogP contribution in [0.1, 0.15) is 23.2 Å². The van der Waals surface area contributed by atoms with Crippen molar-refractivity contribution in [3.63, 3.8) is 0 Å². The lowest BCUT2D eigenvalue weighted by molar-refractivity contribution is 0.0616. The van der Waals surface area contributed by atoms with Gasteiger partial charge in [0.2, 0.25) is 5.88 Å². The minimum absolute atomic E-state index is 0.0241. The number of nitrogen functional groups attached to an aromatic ring is 1. The number of nitrogens with zero attached hydrogens (tertiary/aromatic N) is 1. The maximum Gasteiger partial charge on any atom is 0.341 e. The summed E-state index contributed by atoms with van der Waals surface area (Å²) in [5, 5.41) is 8.98. The Morgan fingerprint density at radius 2 is 2.53 bits per heavy atom. The standard InChI is InChI=1S/C11H14N2O4/c12-7-4-9(11(14)15)10(13-5-7)17-6-8-2-1-3-16-8/h4-5,8H,1-3,6,12H2,(H,14,15). The summed E-state index contributed by atoms with van der Waals surface area (Å²) in [5.41, 5.74) is 5.75. The van der Waals surface area contributed by atoms with Crippen LogP contribution in [0.3, 0.4) is 0 Å². The third kappa shape index (κ3) is 2.85. The van der Waals surface area contributed by atoms with Gasteiger partial charge in [0.1, 0.15) is 12.2 Å². The molecule has 3 N–H and O–H groups in total. The van der Waals surface area contributed by atoms with E-state index in [1.54, 1.807) is 0 Å². The molecule has 2 rings (SSSR count). The van der Waals surface area contributed by atoms with Crippen molar-refractivity contribution in [2.45, 2.75) is 18.9 Å². The van der Waals surface area contributed by atoms with E-state index in [1.807, 2.05) is 0 Å². The summed E-state index contributed by atoms with van der Waals surface area (Å²) in [6.45, 7) is 1.05. The number of ether oxygens (including phenoxy) is 2. The summed E-state index contributed by atoms with van der Waals surface area (Å²) in [5.74, 6) is -1.02. The summed E-state index contributed by atoms with van der Waals surface area (Å²) >= 11 is 0. The molecule has 1 atom stereocenters. The van der Waals surface area contributed by atoms with Crippen LogP contribution in [0.25, 0.3) is 0 Å². The van der Waals surface area contributed by atoms with Crippen molar-refractivity contribution in [2.24, 2.45) is 0 Å². The van der Waals surface area contributed by atoms with Crippen LogP contribution in [0.4, 0.5) is 5.69 Å². The van der Waals surface area contributed by atoms with E-state index < -0.39 is 5.97 Å². The number of rotatable bonds is 4. The number of aromatic carboxylic acids is 1. The van der Waals surface area contributed by atoms with Crippen LogP contribution < -0.4 is 10.5 Å². The van der Waals surface area contributed by atoms with Crippen molar-refractivity contribution in [1.29, 1.82) is 0 Å². The third-order valence-corrected chi connectivity index (χ3v) is 2.53. The molecule has 1 unspecified atom stereocenters. The number of pyridine rings is 1. The van der Waals surface area contributed by atoms with Crippen molar-refractivity contribution in [3.8, 4) is 5.88 Å². The van der Waals surface area contributed by atoms with E-state index in [9.17, 15) is 4.79 Å². The molecule has 1 fully saturated rings. The van der Waals surface area contributed by atoms with Crippen LogP contribution in [-0.4, -0.2) is 35.4 Å². The first-order valence-electron chi connectivity index (χ1n) is 5.40. The number of carboxylic acid groups (broad SMARTS) is 1. The van der Waals surface area contributed by atoms with E-state index in [1.165, 1.54) is 12.3 Å². The number of carbonyl (C=O) groups is 1. The highest BCUT2D eigenvalue weighted by molar-refractivity contribution is 5.91. The summed E-state index contributed by atoms with van der Waals surface area (Å²) < 4.78 is 10.7.